The number of hydrogen-bond acceptors (Lipinski definition) is 4. The van der Waals surface area contributed by atoms with E-state index < -0.39 is 0 Å². The number of methoxy groups -OCH3 is 1. The largest absolute Gasteiger partial charge is 0.383 e. The van der Waals surface area contributed by atoms with Crippen LogP contribution in [0.4, 0.5) is 0 Å². The van der Waals surface area contributed by atoms with Gasteiger partial charge in [0.1, 0.15) is 0 Å². The zero-order valence-corrected chi connectivity index (χ0v) is 12.8. The molecule has 22 heavy (non-hydrogen) atoms. The Morgan fingerprint density at radius 2 is 2.05 bits per heavy atom. The summed E-state index contributed by atoms with van der Waals surface area (Å²) in [6.07, 6.45) is 4.01. The molecule has 0 fully saturated rings. The third kappa shape index (κ3) is 5.31. The average molecular weight is 302 g/mol. The van der Waals surface area contributed by atoms with Crippen molar-refractivity contribution in [2.24, 2.45) is 0 Å². The number of benzene rings is 1. The van der Waals surface area contributed by atoms with Gasteiger partial charge in [-0.1, -0.05) is 12.1 Å². The minimum atomic E-state index is 0.0281. The second-order valence-corrected chi connectivity index (χ2v) is 4.89. The number of rotatable bonds is 9. The van der Waals surface area contributed by atoms with Gasteiger partial charge in [0.25, 0.3) is 0 Å². The molecule has 1 aromatic carbocycles. The van der Waals surface area contributed by atoms with Crippen LogP contribution in [0.3, 0.4) is 0 Å². The molecule has 1 aromatic heterocycles. The molecule has 2 aromatic rings. The van der Waals surface area contributed by atoms with Crippen molar-refractivity contribution in [2.75, 3.05) is 33.4 Å². The van der Waals surface area contributed by atoms with Gasteiger partial charge in [0, 0.05) is 39.1 Å². The molecule has 2 N–H and O–H groups in total. The number of carbonyl (C=O) groups excluding carboxylic acids is 1. The summed E-state index contributed by atoms with van der Waals surface area (Å²) in [5.74, 6) is 0.0281. The molecule has 0 aliphatic rings. The molecule has 0 aliphatic carbocycles. The van der Waals surface area contributed by atoms with Crippen LogP contribution < -0.4 is 10.6 Å². The maximum atomic E-state index is 11.8. The van der Waals surface area contributed by atoms with Crippen molar-refractivity contribution in [1.82, 2.24) is 20.4 Å². The molecule has 1 amide bonds. The number of hydrogen-bond donors (Lipinski definition) is 2. The maximum Gasteiger partial charge on any atom is 0.224 e. The first-order valence-electron chi connectivity index (χ1n) is 7.35. The average Bonchev–Trinajstić information content (AvgIpc) is 3.06. The van der Waals surface area contributed by atoms with E-state index >= 15 is 0 Å². The lowest BCUT2D eigenvalue weighted by molar-refractivity contribution is -0.120. The van der Waals surface area contributed by atoms with Crippen LogP contribution >= 0.6 is 0 Å². The van der Waals surface area contributed by atoms with E-state index in [1.54, 1.807) is 18.0 Å². The van der Waals surface area contributed by atoms with Crippen LogP contribution in [0, 0.1) is 0 Å². The first kappa shape index (κ1) is 16.2. The second-order valence-electron chi connectivity index (χ2n) is 4.89. The SMILES string of the molecule is COCCNCCNC(=O)Cc1ccc(-n2cccn2)cc1. The quantitative estimate of drug-likeness (QED) is 0.671. The van der Waals surface area contributed by atoms with E-state index in [1.165, 1.54) is 0 Å². The first-order chi connectivity index (χ1) is 10.8. The third-order valence-electron chi connectivity index (χ3n) is 3.18. The van der Waals surface area contributed by atoms with E-state index in [1.807, 2.05) is 36.5 Å². The van der Waals surface area contributed by atoms with Crippen LogP contribution in [0.25, 0.3) is 5.69 Å². The minimum Gasteiger partial charge on any atom is -0.383 e. The minimum absolute atomic E-state index is 0.0281. The topological polar surface area (TPSA) is 68.2 Å². The molecule has 0 saturated heterocycles. The van der Waals surface area contributed by atoms with Crippen LogP contribution in [-0.4, -0.2) is 49.0 Å². The molecule has 0 aliphatic heterocycles. The zero-order chi connectivity index (χ0) is 15.6. The number of nitrogens with zero attached hydrogens (tertiary/aromatic N) is 2. The van der Waals surface area contributed by atoms with E-state index in [9.17, 15) is 4.79 Å². The Morgan fingerprint density at radius 3 is 2.73 bits per heavy atom. The molecular weight excluding hydrogens is 280 g/mol. The molecule has 1 heterocycles. The van der Waals surface area contributed by atoms with Crippen molar-refractivity contribution in [3.8, 4) is 5.69 Å². The summed E-state index contributed by atoms with van der Waals surface area (Å²) in [5, 5.41) is 10.2. The zero-order valence-electron chi connectivity index (χ0n) is 12.8. The fourth-order valence-corrected chi connectivity index (χ4v) is 2.03. The highest BCUT2D eigenvalue weighted by Crippen LogP contribution is 2.09. The fourth-order valence-electron chi connectivity index (χ4n) is 2.03. The smallest absolute Gasteiger partial charge is 0.224 e. The van der Waals surface area contributed by atoms with Gasteiger partial charge in [-0.15, -0.1) is 0 Å². The predicted molar refractivity (Wildman–Crippen MR) is 85.0 cm³/mol. The lowest BCUT2D eigenvalue weighted by Gasteiger charge is -2.07. The van der Waals surface area contributed by atoms with Crippen LogP contribution in [-0.2, 0) is 16.0 Å². The normalized spacial score (nSPS) is 10.6. The molecule has 0 unspecified atom stereocenters. The van der Waals surface area contributed by atoms with Crippen molar-refractivity contribution in [1.29, 1.82) is 0 Å². The van der Waals surface area contributed by atoms with Gasteiger partial charge in [0.2, 0.25) is 5.91 Å². The van der Waals surface area contributed by atoms with Crippen molar-refractivity contribution in [3.05, 3.63) is 48.3 Å². The van der Waals surface area contributed by atoms with Gasteiger partial charge in [0.15, 0.2) is 0 Å². The summed E-state index contributed by atoms with van der Waals surface area (Å²) in [6.45, 7) is 2.83. The van der Waals surface area contributed by atoms with Crippen LogP contribution in [0.5, 0.6) is 0 Å². The fraction of sp³-hybridized carbons (Fsp3) is 0.375. The molecule has 0 spiro atoms. The maximum absolute atomic E-state index is 11.8. The van der Waals surface area contributed by atoms with Gasteiger partial charge in [-0.3, -0.25) is 4.79 Å². The molecule has 0 atom stereocenters. The Labute approximate surface area is 130 Å². The Kier molecular flexibility index (Phi) is 6.60. The third-order valence-corrected chi connectivity index (χ3v) is 3.18. The van der Waals surface area contributed by atoms with Gasteiger partial charge in [-0.25, -0.2) is 4.68 Å². The lowest BCUT2D eigenvalue weighted by atomic mass is 10.1. The van der Waals surface area contributed by atoms with Crippen molar-refractivity contribution in [2.45, 2.75) is 6.42 Å². The van der Waals surface area contributed by atoms with Crippen LogP contribution in [0.15, 0.2) is 42.7 Å². The Morgan fingerprint density at radius 1 is 1.23 bits per heavy atom. The highest BCUT2D eigenvalue weighted by Gasteiger charge is 2.03. The van der Waals surface area contributed by atoms with E-state index in [2.05, 4.69) is 15.7 Å². The van der Waals surface area contributed by atoms with Gasteiger partial charge in [-0.2, -0.15) is 5.10 Å². The standard InChI is InChI=1S/C16H22N4O2/c1-22-12-10-17-8-9-18-16(21)13-14-3-5-15(6-4-14)20-11-2-7-19-20/h2-7,11,17H,8-10,12-13H2,1H3,(H,18,21). The Balaban J connectivity index is 1.70. The van der Waals surface area contributed by atoms with E-state index in [0.717, 1.165) is 24.3 Å². The molecule has 118 valence electrons. The number of ether oxygens (including phenoxy) is 1. The highest BCUT2D eigenvalue weighted by atomic mass is 16.5. The summed E-state index contributed by atoms with van der Waals surface area (Å²) in [7, 11) is 1.67. The predicted octanol–water partition coefficient (Wildman–Crippen LogP) is 0.767. The number of nitrogens with one attached hydrogen (secondary N) is 2. The monoisotopic (exact) mass is 302 g/mol. The summed E-state index contributed by atoms with van der Waals surface area (Å²) in [6, 6.07) is 9.70. The summed E-state index contributed by atoms with van der Waals surface area (Å²) in [5.41, 5.74) is 1.97. The van der Waals surface area contributed by atoms with E-state index in [4.69, 9.17) is 4.74 Å². The van der Waals surface area contributed by atoms with E-state index in [0.29, 0.717) is 19.6 Å². The Bertz CT molecular complexity index is 552. The van der Waals surface area contributed by atoms with Crippen molar-refractivity contribution >= 4 is 5.91 Å². The Hall–Kier alpha value is -2.18. The van der Waals surface area contributed by atoms with E-state index in [-0.39, 0.29) is 5.91 Å². The molecule has 6 heteroatoms. The molecule has 0 bridgehead atoms. The summed E-state index contributed by atoms with van der Waals surface area (Å²) < 4.78 is 6.72. The number of carbonyl (C=O) groups is 1. The van der Waals surface area contributed by atoms with Gasteiger partial charge >= 0.3 is 0 Å². The molecule has 2 rings (SSSR count). The highest BCUT2D eigenvalue weighted by molar-refractivity contribution is 5.78. The van der Waals surface area contributed by atoms with Gasteiger partial charge < -0.3 is 15.4 Å². The number of aromatic nitrogens is 2. The molecule has 0 saturated carbocycles. The van der Waals surface area contributed by atoms with Crippen LogP contribution in [0.2, 0.25) is 0 Å². The molecule has 6 nitrogen and oxygen atoms in total. The summed E-state index contributed by atoms with van der Waals surface area (Å²) >= 11 is 0. The van der Waals surface area contributed by atoms with Crippen molar-refractivity contribution < 1.29 is 9.53 Å². The van der Waals surface area contributed by atoms with Crippen LogP contribution in [0.1, 0.15) is 5.56 Å². The molecular formula is C16H22N4O2. The first-order valence-corrected chi connectivity index (χ1v) is 7.35. The molecule has 0 radical (unpaired) electrons. The van der Waals surface area contributed by atoms with Gasteiger partial charge in [0.05, 0.1) is 18.7 Å². The summed E-state index contributed by atoms with van der Waals surface area (Å²) in [4.78, 5) is 11.8. The van der Waals surface area contributed by atoms with Gasteiger partial charge in [-0.05, 0) is 23.8 Å². The number of amides is 1. The second kappa shape index (κ2) is 8.96. The van der Waals surface area contributed by atoms with Crippen molar-refractivity contribution in [3.63, 3.8) is 0 Å². The lowest BCUT2D eigenvalue weighted by Crippen LogP contribution is -2.33.